The van der Waals surface area contributed by atoms with Gasteiger partial charge in [0.1, 0.15) is 14.2 Å². The summed E-state index contributed by atoms with van der Waals surface area (Å²) in [5.41, 5.74) is 11.0. The van der Waals surface area contributed by atoms with E-state index in [9.17, 15) is 24.0 Å². The minimum Gasteiger partial charge on any atom is -0.413 e. The lowest BCUT2D eigenvalue weighted by molar-refractivity contribution is -0.127. The highest BCUT2D eigenvalue weighted by Crippen LogP contribution is 2.35. The molecule has 3 atom stereocenters. The third kappa shape index (κ3) is 22.5. The molecule has 0 spiro atoms. The number of carbonyl (C=O) groups is 5. The molecule has 244 valence electrons. The molecule has 5 amide bonds. The Bertz CT molecular complexity index is 796. The average Bonchev–Trinajstić information content (AvgIpc) is 2.94. The van der Waals surface area contributed by atoms with E-state index in [-0.39, 0.29) is 23.9 Å². The van der Waals surface area contributed by atoms with Gasteiger partial charge < -0.3 is 31.5 Å². The SMILES string of the molecule is CCCP(N)OC(=O)NCCCCCC(=O)NC(CCCCNC(=O)CCCCCNC(=O)P(CCC)ON)C(N)=O. The molecule has 0 aliphatic heterocycles. The Morgan fingerprint density at radius 3 is 1.90 bits per heavy atom. The van der Waals surface area contributed by atoms with Crippen LogP contribution < -0.4 is 38.4 Å². The zero-order valence-corrected chi connectivity index (χ0v) is 27.1. The van der Waals surface area contributed by atoms with Crippen LogP contribution in [0.4, 0.5) is 9.59 Å². The van der Waals surface area contributed by atoms with Gasteiger partial charge in [0.15, 0.2) is 8.30 Å². The molecule has 0 saturated heterocycles. The second-order valence-corrected chi connectivity index (χ2v) is 13.2. The van der Waals surface area contributed by atoms with Gasteiger partial charge in [-0.2, -0.15) is 0 Å². The van der Waals surface area contributed by atoms with E-state index >= 15 is 0 Å². The van der Waals surface area contributed by atoms with Gasteiger partial charge in [0.05, 0.1) is 0 Å². The van der Waals surface area contributed by atoms with Crippen LogP contribution in [-0.4, -0.2) is 67.5 Å². The summed E-state index contributed by atoms with van der Waals surface area (Å²) in [6, 6.07) is -0.755. The normalized spacial score (nSPS) is 13.0. The van der Waals surface area contributed by atoms with Crippen molar-refractivity contribution in [3.63, 3.8) is 0 Å². The Balaban J connectivity index is 3.88. The van der Waals surface area contributed by atoms with Crippen molar-refractivity contribution in [2.24, 2.45) is 17.1 Å². The number of carbonyl (C=O) groups excluding carboxylic acids is 5. The molecule has 0 fully saturated rings. The van der Waals surface area contributed by atoms with E-state index < -0.39 is 34.5 Å². The Morgan fingerprint density at radius 2 is 1.31 bits per heavy atom. The number of hydrogen-bond acceptors (Lipinski definition) is 9. The van der Waals surface area contributed by atoms with Gasteiger partial charge in [0, 0.05) is 44.8 Å². The Kier molecular flexibility index (Phi) is 25.2. The summed E-state index contributed by atoms with van der Waals surface area (Å²) in [5, 5.41) is 11.0. The molecule has 16 heteroatoms. The Morgan fingerprint density at radius 1 is 0.738 bits per heavy atom. The van der Waals surface area contributed by atoms with E-state index in [4.69, 9.17) is 26.3 Å². The maximum absolute atomic E-state index is 12.2. The lowest BCUT2D eigenvalue weighted by atomic mass is 10.1. The van der Waals surface area contributed by atoms with Gasteiger partial charge in [-0.25, -0.2) is 10.7 Å². The molecule has 42 heavy (non-hydrogen) atoms. The molecule has 0 rings (SSSR count). The average molecular weight is 638 g/mol. The molecule has 3 unspecified atom stereocenters. The molecular weight excluding hydrogens is 584 g/mol. The predicted octanol–water partition coefficient (Wildman–Crippen LogP) is 3.18. The van der Waals surface area contributed by atoms with Crippen molar-refractivity contribution in [2.75, 3.05) is 32.0 Å². The van der Waals surface area contributed by atoms with Gasteiger partial charge in [-0.3, -0.25) is 29.3 Å². The Hall–Kier alpha value is -2.11. The molecule has 0 aromatic rings. The summed E-state index contributed by atoms with van der Waals surface area (Å²) >= 11 is 0. The maximum atomic E-state index is 12.2. The molecule has 0 aromatic carbocycles. The van der Waals surface area contributed by atoms with Gasteiger partial charge in [0.2, 0.25) is 17.7 Å². The van der Waals surface area contributed by atoms with Crippen LogP contribution in [0.3, 0.4) is 0 Å². The monoisotopic (exact) mass is 637 g/mol. The first kappa shape index (κ1) is 39.9. The van der Waals surface area contributed by atoms with Crippen LogP contribution in [0.1, 0.15) is 97.3 Å². The number of hydrogen-bond donors (Lipinski definition) is 7. The van der Waals surface area contributed by atoms with Crippen molar-refractivity contribution in [3.8, 4) is 0 Å². The molecule has 14 nitrogen and oxygen atoms in total. The molecule has 0 aromatic heterocycles. The van der Waals surface area contributed by atoms with Gasteiger partial charge in [-0.15, -0.1) is 0 Å². The van der Waals surface area contributed by atoms with Crippen molar-refractivity contribution in [1.82, 2.24) is 21.3 Å². The number of nitrogens with one attached hydrogen (secondary N) is 4. The standard InChI is InChI=1S/C26H53N7O7P2/c1-3-19-41(40-28)26(38)32-18-11-5-7-14-22(34)30-16-12-9-13-21(24(27)36)33-23(35)15-8-6-10-17-31-25(37)39-42(29)20-4-2/h21H,3-20,28-29H2,1-2H3,(H2,27,36)(H,30,34)(H,31,37)(H,32,38)(H,33,35). The number of nitrogens with two attached hydrogens (primary N) is 3. The number of unbranched alkanes of at least 4 members (excludes halogenated alkanes) is 5. The zero-order chi connectivity index (χ0) is 31.6. The van der Waals surface area contributed by atoms with E-state index in [2.05, 4.69) is 21.3 Å². The first-order chi connectivity index (χ1) is 20.1. The third-order valence-electron chi connectivity index (χ3n) is 6.05. The van der Waals surface area contributed by atoms with Gasteiger partial charge in [-0.05, 0) is 57.8 Å². The Labute approximate surface area is 252 Å². The second kappa shape index (κ2) is 26.5. The molecule has 0 heterocycles. The fraction of sp³-hybridized carbons (Fsp3) is 0.808. The van der Waals surface area contributed by atoms with E-state index in [0.29, 0.717) is 76.9 Å². The largest absolute Gasteiger partial charge is 0.413 e. The van der Waals surface area contributed by atoms with Crippen LogP contribution >= 0.6 is 16.4 Å². The number of amides is 5. The van der Waals surface area contributed by atoms with Crippen molar-refractivity contribution < 1.29 is 33.1 Å². The minimum atomic E-state index is -1.29. The fourth-order valence-corrected chi connectivity index (χ4v) is 5.71. The number of rotatable bonds is 26. The molecule has 0 bridgehead atoms. The fourth-order valence-electron chi connectivity index (χ4n) is 3.80. The summed E-state index contributed by atoms with van der Waals surface area (Å²) in [4.78, 5) is 59.5. The van der Waals surface area contributed by atoms with Crippen LogP contribution in [0.25, 0.3) is 0 Å². The highest BCUT2D eigenvalue weighted by atomic mass is 31.2. The van der Waals surface area contributed by atoms with Crippen LogP contribution in [0, 0.1) is 0 Å². The molecule has 0 radical (unpaired) electrons. The first-order valence-corrected chi connectivity index (χ1v) is 17.9. The smallest absolute Gasteiger partial charge is 0.411 e. The summed E-state index contributed by atoms with van der Waals surface area (Å²) in [7, 11) is -2.51. The summed E-state index contributed by atoms with van der Waals surface area (Å²) in [6.07, 6.45) is 9.09. The second-order valence-electron chi connectivity index (χ2n) is 9.88. The third-order valence-corrected chi connectivity index (χ3v) is 9.06. The molecular formula is C26H53N7O7P2. The van der Waals surface area contributed by atoms with Gasteiger partial charge in [-0.1, -0.05) is 26.7 Å². The zero-order valence-electron chi connectivity index (χ0n) is 25.3. The van der Waals surface area contributed by atoms with E-state index in [1.165, 1.54) is 0 Å². The topological polar surface area (TPSA) is 230 Å². The van der Waals surface area contributed by atoms with E-state index in [1.54, 1.807) is 0 Å². The number of primary amides is 1. The van der Waals surface area contributed by atoms with Crippen LogP contribution in [-0.2, 0) is 23.5 Å². The highest BCUT2D eigenvalue weighted by molar-refractivity contribution is 7.70. The lowest BCUT2D eigenvalue weighted by Gasteiger charge is -2.15. The summed E-state index contributed by atoms with van der Waals surface area (Å²) < 4.78 is 9.80. The summed E-state index contributed by atoms with van der Waals surface area (Å²) in [5.74, 6) is 4.29. The van der Waals surface area contributed by atoms with Gasteiger partial charge in [0.25, 0.3) is 5.65 Å². The molecule has 0 aliphatic carbocycles. The minimum absolute atomic E-state index is 0.0465. The maximum Gasteiger partial charge on any atom is 0.411 e. The molecule has 0 saturated carbocycles. The van der Waals surface area contributed by atoms with Crippen LogP contribution in [0.5, 0.6) is 0 Å². The quantitative estimate of drug-likeness (QED) is 0.0419. The van der Waals surface area contributed by atoms with Crippen molar-refractivity contribution in [2.45, 2.75) is 103 Å². The molecule has 0 aliphatic rings. The summed E-state index contributed by atoms with van der Waals surface area (Å²) in [6.45, 7) is 5.36. The van der Waals surface area contributed by atoms with E-state index in [1.807, 2.05) is 13.8 Å². The lowest BCUT2D eigenvalue weighted by Crippen LogP contribution is -2.44. The van der Waals surface area contributed by atoms with Crippen molar-refractivity contribution >= 4 is 45.9 Å². The first-order valence-electron chi connectivity index (χ1n) is 14.9. The van der Waals surface area contributed by atoms with Crippen molar-refractivity contribution in [1.29, 1.82) is 0 Å². The van der Waals surface area contributed by atoms with Gasteiger partial charge >= 0.3 is 6.09 Å². The highest BCUT2D eigenvalue weighted by Gasteiger charge is 2.18. The molecule has 10 N–H and O–H groups in total. The van der Waals surface area contributed by atoms with Crippen LogP contribution in [0.15, 0.2) is 0 Å². The van der Waals surface area contributed by atoms with E-state index in [0.717, 1.165) is 32.1 Å². The predicted molar refractivity (Wildman–Crippen MR) is 166 cm³/mol. The van der Waals surface area contributed by atoms with Crippen molar-refractivity contribution in [3.05, 3.63) is 0 Å². The van der Waals surface area contributed by atoms with Crippen LogP contribution in [0.2, 0.25) is 0 Å².